The van der Waals surface area contributed by atoms with Crippen molar-refractivity contribution in [3.05, 3.63) is 28.8 Å². The van der Waals surface area contributed by atoms with Crippen LogP contribution in [-0.4, -0.2) is 48.9 Å². The number of rotatable bonds is 3. The van der Waals surface area contributed by atoms with Gasteiger partial charge in [0, 0.05) is 26.2 Å². The van der Waals surface area contributed by atoms with Gasteiger partial charge in [0.15, 0.2) is 0 Å². The molecule has 0 amide bonds. The number of anilines is 1. The number of piperazine rings is 1. The van der Waals surface area contributed by atoms with Crippen LogP contribution in [0.25, 0.3) is 0 Å². The largest absolute Gasteiger partial charge is 0.401 e. The van der Waals surface area contributed by atoms with Gasteiger partial charge < -0.3 is 10.0 Å². The molecular formula is C14H18ClF3N2O. The van der Waals surface area contributed by atoms with E-state index in [-0.39, 0.29) is 0 Å². The lowest BCUT2D eigenvalue weighted by atomic mass is 10.1. The van der Waals surface area contributed by atoms with Crippen molar-refractivity contribution in [2.24, 2.45) is 0 Å². The molecule has 0 bridgehead atoms. The lowest BCUT2D eigenvalue weighted by molar-refractivity contribution is -0.146. The molecule has 0 radical (unpaired) electrons. The fourth-order valence-electron chi connectivity index (χ4n) is 2.44. The third-order valence-corrected chi connectivity index (χ3v) is 3.87. The highest BCUT2D eigenvalue weighted by Crippen LogP contribution is 2.30. The highest BCUT2D eigenvalue weighted by molar-refractivity contribution is 6.33. The Hall–Kier alpha value is -0.980. The number of hydrogen-bond donors (Lipinski definition) is 1. The molecular weight excluding hydrogens is 305 g/mol. The Labute approximate surface area is 126 Å². The molecule has 0 saturated carbocycles. The topological polar surface area (TPSA) is 26.7 Å². The summed E-state index contributed by atoms with van der Waals surface area (Å²) in [6.45, 7) is 2.51. The first-order valence-corrected chi connectivity index (χ1v) is 7.15. The Morgan fingerprint density at radius 2 is 1.86 bits per heavy atom. The molecule has 1 aliphatic rings. The summed E-state index contributed by atoms with van der Waals surface area (Å²) in [5.74, 6) is 0. The lowest BCUT2D eigenvalue weighted by Gasteiger charge is -2.36. The molecule has 0 spiro atoms. The van der Waals surface area contributed by atoms with Crippen LogP contribution in [0.1, 0.15) is 18.6 Å². The molecule has 1 aliphatic heterocycles. The standard InChI is InChI=1S/C14H18ClF3N2O/c1-10(21)11-2-3-13(12(15)8-11)20-6-4-19(5-7-20)9-14(16,17)18/h2-3,8,10,21H,4-7,9H2,1H3. The molecule has 1 unspecified atom stereocenters. The highest BCUT2D eigenvalue weighted by Gasteiger charge is 2.32. The Morgan fingerprint density at radius 1 is 1.24 bits per heavy atom. The molecule has 3 nitrogen and oxygen atoms in total. The van der Waals surface area contributed by atoms with Gasteiger partial charge in [-0.25, -0.2) is 0 Å². The van der Waals surface area contributed by atoms with E-state index in [1.807, 2.05) is 11.0 Å². The van der Waals surface area contributed by atoms with E-state index in [1.54, 1.807) is 19.1 Å². The molecule has 0 aliphatic carbocycles. The lowest BCUT2D eigenvalue weighted by Crippen LogP contribution is -2.49. The van der Waals surface area contributed by atoms with Gasteiger partial charge in [0.2, 0.25) is 0 Å². The normalized spacial score (nSPS) is 18.9. The molecule has 1 saturated heterocycles. The van der Waals surface area contributed by atoms with Gasteiger partial charge >= 0.3 is 6.18 Å². The second-order valence-corrected chi connectivity index (χ2v) is 5.67. The summed E-state index contributed by atoms with van der Waals surface area (Å²) in [6, 6.07) is 5.29. The Kier molecular flexibility index (Phi) is 5.01. The van der Waals surface area contributed by atoms with Crippen LogP contribution in [0, 0.1) is 0 Å². The maximum atomic E-state index is 12.3. The Bertz CT molecular complexity index is 486. The van der Waals surface area contributed by atoms with Crippen molar-refractivity contribution in [3.63, 3.8) is 0 Å². The molecule has 1 atom stereocenters. The summed E-state index contributed by atoms with van der Waals surface area (Å²) >= 11 is 6.20. The van der Waals surface area contributed by atoms with E-state index in [0.29, 0.717) is 31.2 Å². The van der Waals surface area contributed by atoms with E-state index in [2.05, 4.69) is 0 Å². The number of halogens is 4. The zero-order valence-corrected chi connectivity index (χ0v) is 12.5. The van der Waals surface area contributed by atoms with Crippen LogP contribution in [0.5, 0.6) is 0 Å². The third kappa shape index (κ3) is 4.49. The predicted octanol–water partition coefficient (Wildman–Crippen LogP) is 3.08. The van der Waals surface area contributed by atoms with Crippen molar-refractivity contribution in [3.8, 4) is 0 Å². The molecule has 21 heavy (non-hydrogen) atoms. The molecule has 1 aromatic carbocycles. The zero-order chi connectivity index (χ0) is 15.6. The molecule has 118 valence electrons. The first-order chi connectivity index (χ1) is 9.76. The molecule has 2 rings (SSSR count). The summed E-state index contributed by atoms with van der Waals surface area (Å²) in [5, 5.41) is 10.0. The molecule has 1 fully saturated rings. The summed E-state index contributed by atoms with van der Waals surface area (Å²) in [7, 11) is 0. The first kappa shape index (κ1) is 16.4. The second-order valence-electron chi connectivity index (χ2n) is 5.27. The van der Waals surface area contributed by atoms with Crippen molar-refractivity contribution in [2.75, 3.05) is 37.6 Å². The maximum absolute atomic E-state index is 12.3. The second kappa shape index (κ2) is 6.42. The minimum atomic E-state index is -4.15. The van der Waals surface area contributed by atoms with Crippen molar-refractivity contribution in [2.45, 2.75) is 19.2 Å². The van der Waals surface area contributed by atoms with Crippen molar-refractivity contribution < 1.29 is 18.3 Å². The highest BCUT2D eigenvalue weighted by atomic mass is 35.5. The fraction of sp³-hybridized carbons (Fsp3) is 0.571. The van der Waals surface area contributed by atoms with Gasteiger partial charge in [-0.15, -0.1) is 0 Å². The summed E-state index contributed by atoms with van der Waals surface area (Å²) in [6.07, 6.45) is -4.75. The molecule has 7 heteroatoms. The Morgan fingerprint density at radius 3 is 2.33 bits per heavy atom. The third-order valence-electron chi connectivity index (χ3n) is 3.57. The van der Waals surface area contributed by atoms with Crippen LogP contribution in [0.2, 0.25) is 5.02 Å². The van der Waals surface area contributed by atoms with E-state index in [4.69, 9.17) is 11.6 Å². The monoisotopic (exact) mass is 322 g/mol. The van der Waals surface area contributed by atoms with Crippen LogP contribution in [0.15, 0.2) is 18.2 Å². The van der Waals surface area contributed by atoms with Crippen LogP contribution >= 0.6 is 11.6 Å². The summed E-state index contributed by atoms with van der Waals surface area (Å²) in [4.78, 5) is 3.37. The van der Waals surface area contributed by atoms with Crippen LogP contribution in [0.3, 0.4) is 0 Å². The minimum Gasteiger partial charge on any atom is -0.389 e. The van der Waals surface area contributed by atoms with Gasteiger partial charge in [-0.2, -0.15) is 13.2 Å². The number of nitrogens with zero attached hydrogens (tertiary/aromatic N) is 2. The number of alkyl halides is 3. The van der Waals surface area contributed by atoms with Gasteiger partial charge in [0.05, 0.1) is 23.4 Å². The van der Waals surface area contributed by atoms with E-state index in [0.717, 1.165) is 11.3 Å². The average molecular weight is 323 g/mol. The van der Waals surface area contributed by atoms with Crippen molar-refractivity contribution >= 4 is 17.3 Å². The minimum absolute atomic E-state index is 0.355. The van der Waals surface area contributed by atoms with Crippen molar-refractivity contribution in [1.82, 2.24) is 4.90 Å². The number of benzene rings is 1. The van der Waals surface area contributed by atoms with E-state index in [1.165, 1.54) is 4.90 Å². The molecule has 1 aromatic rings. The molecule has 1 N–H and O–H groups in total. The summed E-state index contributed by atoms with van der Waals surface area (Å²) < 4.78 is 37.0. The zero-order valence-electron chi connectivity index (χ0n) is 11.7. The van der Waals surface area contributed by atoms with Gasteiger partial charge in [-0.3, -0.25) is 4.90 Å². The predicted molar refractivity (Wildman–Crippen MR) is 76.8 cm³/mol. The average Bonchev–Trinajstić information content (AvgIpc) is 2.38. The van der Waals surface area contributed by atoms with Gasteiger partial charge in [-0.1, -0.05) is 17.7 Å². The number of aliphatic hydroxyl groups excluding tert-OH is 1. The maximum Gasteiger partial charge on any atom is 0.401 e. The van der Waals surface area contributed by atoms with E-state index in [9.17, 15) is 18.3 Å². The van der Waals surface area contributed by atoms with E-state index >= 15 is 0 Å². The van der Waals surface area contributed by atoms with E-state index < -0.39 is 18.8 Å². The van der Waals surface area contributed by atoms with Gasteiger partial charge in [0.25, 0.3) is 0 Å². The van der Waals surface area contributed by atoms with Gasteiger partial charge in [0.1, 0.15) is 0 Å². The molecule has 0 aromatic heterocycles. The van der Waals surface area contributed by atoms with Crippen LogP contribution in [-0.2, 0) is 0 Å². The number of hydrogen-bond acceptors (Lipinski definition) is 3. The number of aliphatic hydroxyl groups is 1. The fourth-order valence-corrected chi connectivity index (χ4v) is 2.75. The first-order valence-electron chi connectivity index (χ1n) is 6.78. The van der Waals surface area contributed by atoms with Crippen LogP contribution < -0.4 is 4.90 Å². The molecule has 1 heterocycles. The SMILES string of the molecule is CC(O)c1ccc(N2CCN(CC(F)(F)F)CC2)c(Cl)c1. The van der Waals surface area contributed by atoms with Gasteiger partial charge in [-0.05, 0) is 24.6 Å². The Balaban J connectivity index is 1.99. The quantitative estimate of drug-likeness (QED) is 0.926. The van der Waals surface area contributed by atoms with Crippen LogP contribution in [0.4, 0.5) is 18.9 Å². The smallest absolute Gasteiger partial charge is 0.389 e. The summed E-state index contributed by atoms with van der Waals surface area (Å²) in [5.41, 5.74) is 1.52. The van der Waals surface area contributed by atoms with Crippen molar-refractivity contribution in [1.29, 1.82) is 0 Å².